The van der Waals surface area contributed by atoms with Gasteiger partial charge in [-0.25, -0.2) is 4.99 Å². The summed E-state index contributed by atoms with van der Waals surface area (Å²) in [6, 6.07) is 8.55. The molecule has 178 valence electrons. The minimum atomic E-state index is -1.05. The van der Waals surface area contributed by atoms with Crippen molar-refractivity contribution in [2.75, 3.05) is 26.2 Å². The lowest BCUT2D eigenvalue weighted by molar-refractivity contribution is 0.0616. The molecule has 0 aliphatic carbocycles. The van der Waals surface area contributed by atoms with Crippen LogP contribution in [0.4, 0.5) is 0 Å². The summed E-state index contributed by atoms with van der Waals surface area (Å²) in [6.07, 6.45) is 5.09. The van der Waals surface area contributed by atoms with Crippen molar-refractivity contribution in [3.05, 3.63) is 53.3 Å². The van der Waals surface area contributed by atoms with Crippen LogP contribution in [-0.2, 0) is 25.7 Å². The molecular formula is C23H37IN6O2. The Morgan fingerprint density at radius 1 is 1.19 bits per heavy atom. The molecule has 1 saturated heterocycles. The topological polar surface area (TPSA) is 97.9 Å². The van der Waals surface area contributed by atoms with Crippen molar-refractivity contribution in [1.82, 2.24) is 25.3 Å². The van der Waals surface area contributed by atoms with Crippen LogP contribution in [0.1, 0.15) is 43.4 Å². The number of hydrogen-bond acceptors (Lipinski definition) is 5. The second-order valence-electron chi connectivity index (χ2n) is 8.55. The summed E-state index contributed by atoms with van der Waals surface area (Å²) in [5, 5.41) is 31.0. The summed E-state index contributed by atoms with van der Waals surface area (Å²) in [5.41, 5.74) is 2.13. The van der Waals surface area contributed by atoms with Gasteiger partial charge in [0.25, 0.3) is 0 Å². The lowest BCUT2D eigenvalue weighted by Crippen LogP contribution is -2.44. The highest BCUT2D eigenvalue weighted by atomic mass is 127. The smallest absolute Gasteiger partial charge is 0.191 e. The number of piperidine rings is 1. The summed E-state index contributed by atoms with van der Waals surface area (Å²) >= 11 is 0. The Kier molecular flexibility index (Phi) is 10.4. The molecule has 4 N–H and O–H groups in total. The first-order valence-corrected chi connectivity index (χ1v) is 11.1. The summed E-state index contributed by atoms with van der Waals surface area (Å²) in [7, 11) is 1.83. The number of aliphatic hydroxyl groups is 2. The van der Waals surface area contributed by atoms with Crippen LogP contribution < -0.4 is 10.6 Å². The van der Waals surface area contributed by atoms with Crippen LogP contribution in [-0.4, -0.2) is 63.1 Å². The Morgan fingerprint density at radius 2 is 1.84 bits per heavy atom. The van der Waals surface area contributed by atoms with Gasteiger partial charge in [-0.1, -0.05) is 24.3 Å². The molecular weight excluding hydrogens is 519 g/mol. The van der Waals surface area contributed by atoms with Gasteiger partial charge >= 0.3 is 0 Å². The van der Waals surface area contributed by atoms with Crippen LogP contribution in [0.15, 0.2) is 41.7 Å². The number of nitrogens with one attached hydrogen (secondary N) is 2. The highest BCUT2D eigenvalue weighted by molar-refractivity contribution is 14.0. The number of aryl methyl sites for hydroxylation is 1. The molecule has 0 radical (unpaired) electrons. The number of nitrogens with zero attached hydrogens (tertiary/aromatic N) is 4. The van der Waals surface area contributed by atoms with E-state index in [0.717, 1.165) is 50.1 Å². The minimum absolute atomic E-state index is 0. The number of guanidine groups is 1. The van der Waals surface area contributed by atoms with Gasteiger partial charge in [-0.2, -0.15) is 5.10 Å². The van der Waals surface area contributed by atoms with Crippen LogP contribution >= 0.6 is 24.0 Å². The van der Waals surface area contributed by atoms with Crippen molar-refractivity contribution < 1.29 is 10.2 Å². The number of likely N-dealkylation sites (tertiary alicyclic amines) is 1. The van der Waals surface area contributed by atoms with Crippen molar-refractivity contribution in [1.29, 1.82) is 0 Å². The predicted molar refractivity (Wildman–Crippen MR) is 138 cm³/mol. The molecule has 1 fully saturated rings. The number of aliphatic imine (C=N–C) groups is 1. The second-order valence-corrected chi connectivity index (χ2v) is 8.55. The monoisotopic (exact) mass is 556 g/mol. The summed E-state index contributed by atoms with van der Waals surface area (Å²) in [6.45, 7) is 8.23. The molecule has 0 amide bonds. The molecule has 1 aromatic heterocycles. The van der Waals surface area contributed by atoms with Crippen molar-refractivity contribution in [2.45, 2.75) is 51.5 Å². The number of rotatable bonds is 8. The van der Waals surface area contributed by atoms with Crippen molar-refractivity contribution in [2.24, 2.45) is 12.0 Å². The largest absolute Gasteiger partial charge is 0.393 e. The van der Waals surface area contributed by atoms with E-state index >= 15 is 0 Å². The molecule has 1 aromatic carbocycles. The first-order valence-electron chi connectivity index (χ1n) is 11.1. The Morgan fingerprint density at radius 3 is 2.44 bits per heavy atom. The first kappa shape index (κ1) is 26.6. The molecule has 0 bridgehead atoms. The molecule has 2 aromatic rings. The standard InChI is InChI=1S/C23H36N6O2.HI/c1-4-24-22(26-17-23(2,31)20-14-27-28(3)16-20)25-13-18-5-7-19(8-6-18)15-29-11-9-21(30)10-12-29;/h5-8,14,16,21,30-31H,4,9-13,15,17H2,1-3H3,(H2,24,25,26);1H. The predicted octanol–water partition coefficient (Wildman–Crippen LogP) is 1.96. The van der Waals surface area contributed by atoms with Gasteiger partial charge in [-0.15, -0.1) is 24.0 Å². The maximum Gasteiger partial charge on any atom is 0.191 e. The molecule has 32 heavy (non-hydrogen) atoms. The van der Waals surface area contributed by atoms with Gasteiger partial charge in [0, 0.05) is 45.0 Å². The molecule has 3 rings (SSSR count). The Labute approximate surface area is 208 Å². The number of benzene rings is 1. The third-order valence-electron chi connectivity index (χ3n) is 5.68. The Bertz CT molecular complexity index is 844. The van der Waals surface area contributed by atoms with Crippen molar-refractivity contribution in [3.63, 3.8) is 0 Å². The van der Waals surface area contributed by atoms with E-state index < -0.39 is 5.60 Å². The molecule has 0 saturated carbocycles. The minimum Gasteiger partial charge on any atom is -0.393 e. The van der Waals surface area contributed by atoms with Gasteiger partial charge in [0.15, 0.2) is 5.96 Å². The third kappa shape index (κ3) is 8.02. The Balaban J connectivity index is 0.00000363. The fourth-order valence-electron chi connectivity index (χ4n) is 3.66. The van der Waals surface area contributed by atoms with E-state index in [4.69, 9.17) is 0 Å². The van der Waals surface area contributed by atoms with Gasteiger partial charge in [0.1, 0.15) is 5.60 Å². The number of aromatic nitrogens is 2. The van der Waals surface area contributed by atoms with E-state index in [1.165, 1.54) is 5.56 Å². The fourth-order valence-corrected chi connectivity index (χ4v) is 3.66. The van der Waals surface area contributed by atoms with Crippen LogP contribution in [0.2, 0.25) is 0 Å². The number of hydrogen-bond donors (Lipinski definition) is 4. The molecule has 1 unspecified atom stereocenters. The van der Waals surface area contributed by atoms with E-state index in [-0.39, 0.29) is 30.1 Å². The highest BCUT2D eigenvalue weighted by Crippen LogP contribution is 2.18. The SMILES string of the molecule is CCNC(=NCc1ccc(CN2CCC(O)CC2)cc1)NCC(C)(O)c1cnn(C)c1.I. The van der Waals surface area contributed by atoms with E-state index in [0.29, 0.717) is 19.0 Å². The van der Waals surface area contributed by atoms with E-state index in [9.17, 15) is 10.2 Å². The van der Waals surface area contributed by atoms with Crippen molar-refractivity contribution in [3.8, 4) is 0 Å². The Hall–Kier alpha value is -1.69. The lowest BCUT2D eigenvalue weighted by atomic mass is 10.00. The summed E-state index contributed by atoms with van der Waals surface area (Å²) in [4.78, 5) is 7.05. The number of halogens is 1. The maximum absolute atomic E-state index is 10.8. The van der Waals surface area contributed by atoms with E-state index in [1.54, 1.807) is 17.8 Å². The summed E-state index contributed by atoms with van der Waals surface area (Å²) in [5.74, 6) is 0.669. The van der Waals surface area contributed by atoms with E-state index in [1.807, 2.05) is 20.2 Å². The highest BCUT2D eigenvalue weighted by Gasteiger charge is 2.25. The quantitative estimate of drug-likeness (QED) is 0.226. The van der Waals surface area contributed by atoms with Crippen LogP contribution in [0.25, 0.3) is 0 Å². The van der Waals surface area contributed by atoms with Crippen LogP contribution in [0, 0.1) is 0 Å². The molecule has 0 spiro atoms. The molecule has 1 atom stereocenters. The second kappa shape index (κ2) is 12.5. The zero-order valence-electron chi connectivity index (χ0n) is 19.3. The number of aliphatic hydroxyl groups excluding tert-OH is 1. The summed E-state index contributed by atoms with van der Waals surface area (Å²) < 4.78 is 1.68. The molecule has 9 heteroatoms. The molecule has 8 nitrogen and oxygen atoms in total. The van der Waals surface area contributed by atoms with Gasteiger partial charge in [0.2, 0.25) is 0 Å². The molecule has 2 heterocycles. The average molecular weight is 556 g/mol. The normalized spacial score (nSPS) is 17.5. The molecule has 1 aliphatic heterocycles. The van der Waals surface area contributed by atoms with Crippen LogP contribution in [0.3, 0.4) is 0 Å². The van der Waals surface area contributed by atoms with E-state index in [2.05, 4.69) is 49.9 Å². The molecule has 1 aliphatic rings. The first-order chi connectivity index (χ1) is 14.9. The van der Waals surface area contributed by atoms with Gasteiger partial charge in [-0.05, 0) is 37.8 Å². The van der Waals surface area contributed by atoms with Gasteiger partial charge < -0.3 is 20.8 Å². The maximum atomic E-state index is 10.8. The van der Waals surface area contributed by atoms with Crippen LogP contribution in [0.5, 0.6) is 0 Å². The third-order valence-corrected chi connectivity index (χ3v) is 5.68. The van der Waals surface area contributed by atoms with Crippen molar-refractivity contribution >= 4 is 29.9 Å². The van der Waals surface area contributed by atoms with Gasteiger partial charge in [0.05, 0.1) is 25.4 Å². The van der Waals surface area contributed by atoms with Gasteiger partial charge in [-0.3, -0.25) is 9.58 Å². The average Bonchev–Trinajstić information content (AvgIpc) is 3.20. The zero-order valence-corrected chi connectivity index (χ0v) is 21.6. The fraction of sp³-hybridized carbons (Fsp3) is 0.565. The zero-order chi connectivity index (χ0) is 22.3. The lowest BCUT2D eigenvalue weighted by Gasteiger charge is -2.29.